The van der Waals surface area contributed by atoms with Crippen molar-refractivity contribution in [2.45, 2.75) is 25.2 Å². The molecule has 2 aliphatic rings. The number of carbonyl (C=O) groups is 2. The van der Waals surface area contributed by atoms with Crippen LogP contribution in [0.4, 0.5) is 17.1 Å². The number of amides is 2. The summed E-state index contributed by atoms with van der Waals surface area (Å²) in [6.45, 7) is 0. The van der Waals surface area contributed by atoms with Crippen LogP contribution in [0.5, 0.6) is 0 Å². The van der Waals surface area contributed by atoms with E-state index in [0.717, 1.165) is 11.4 Å². The molecule has 3 N–H and O–H groups in total. The molecular formula is C18H16Cl2N4O2. The molecule has 1 fully saturated rings. The second-order valence-corrected chi connectivity index (χ2v) is 7.09. The van der Waals surface area contributed by atoms with Gasteiger partial charge >= 0.3 is 0 Å². The van der Waals surface area contributed by atoms with Gasteiger partial charge in [-0.1, -0.05) is 23.2 Å². The lowest BCUT2D eigenvalue weighted by molar-refractivity contribution is -0.124. The topological polar surface area (TPSA) is 73.5 Å². The van der Waals surface area contributed by atoms with Crippen LogP contribution in [0.3, 0.4) is 0 Å². The Morgan fingerprint density at radius 3 is 2.50 bits per heavy atom. The number of nitrogens with zero attached hydrogens (tertiary/aromatic N) is 1. The first kappa shape index (κ1) is 17.0. The number of hydrogen-bond acceptors (Lipinski definition) is 4. The molecule has 2 aromatic carbocycles. The van der Waals surface area contributed by atoms with E-state index >= 15 is 0 Å². The Morgan fingerprint density at radius 2 is 1.73 bits per heavy atom. The third-order valence-corrected chi connectivity index (χ3v) is 4.97. The minimum Gasteiger partial charge on any atom is -0.347 e. The average molecular weight is 391 g/mol. The SMILES string of the molecule is O=C(NC1Nc2ccc(Cl)cc2N1)[C@@H]1CCC(=O)N1c1ccc(Cl)cc1. The summed E-state index contributed by atoms with van der Waals surface area (Å²) in [7, 11) is 0. The van der Waals surface area contributed by atoms with Gasteiger partial charge < -0.3 is 16.0 Å². The van der Waals surface area contributed by atoms with Gasteiger partial charge in [0, 0.05) is 22.2 Å². The molecule has 134 valence electrons. The molecule has 1 unspecified atom stereocenters. The molecule has 2 atom stereocenters. The number of anilines is 3. The van der Waals surface area contributed by atoms with Crippen molar-refractivity contribution in [3.8, 4) is 0 Å². The smallest absolute Gasteiger partial charge is 0.246 e. The van der Waals surface area contributed by atoms with E-state index < -0.39 is 12.3 Å². The monoisotopic (exact) mass is 390 g/mol. The number of benzene rings is 2. The van der Waals surface area contributed by atoms with E-state index in [1.165, 1.54) is 4.90 Å². The number of carbonyl (C=O) groups excluding carboxylic acids is 2. The molecule has 0 aromatic heterocycles. The van der Waals surface area contributed by atoms with Gasteiger partial charge in [-0.15, -0.1) is 0 Å². The number of halogens is 2. The first-order valence-electron chi connectivity index (χ1n) is 8.22. The summed E-state index contributed by atoms with van der Waals surface area (Å²) in [5.41, 5.74) is 2.34. The van der Waals surface area contributed by atoms with Gasteiger partial charge in [0.25, 0.3) is 0 Å². The molecule has 26 heavy (non-hydrogen) atoms. The highest BCUT2D eigenvalue weighted by atomic mass is 35.5. The third kappa shape index (κ3) is 3.18. The fourth-order valence-corrected chi connectivity index (χ4v) is 3.58. The highest BCUT2D eigenvalue weighted by Crippen LogP contribution is 2.31. The van der Waals surface area contributed by atoms with E-state index in [4.69, 9.17) is 23.2 Å². The maximum Gasteiger partial charge on any atom is 0.246 e. The lowest BCUT2D eigenvalue weighted by Crippen LogP contribution is -2.51. The van der Waals surface area contributed by atoms with Gasteiger partial charge in [0.1, 0.15) is 6.04 Å². The molecule has 6 nitrogen and oxygen atoms in total. The summed E-state index contributed by atoms with van der Waals surface area (Å²) >= 11 is 11.9. The first-order chi connectivity index (χ1) is 12.5. The number of nitrogens with one attached hydrogen (secondary N) is 3. The zero-order chi connectivity index (χ0) is 18.3. The van der Waals surface area contributed by atoms with Gasteiger partial charge in [0.05, 0.1) is 11.4 Å². The second-order valence-electron chi connectivity index (χ2n) is 6.21. The summed E-state index contributed by atoms with van der Waals surface area (Å²) in [6.07, 6.45) is 0.347. The zero-order valence-corrected chi connectivity index (χ0v) is 15.1. The second kappa shape index (κ2) is 6.70. The standard InChI is InChI=1S/C18H16Cl2N4O2/c19-10-1-4-12(5-2-10)24-15(7-8-16(24)25)17(26)23-18-21-13-6-3-11(20)9-14(13)22-18/h1-6,9,15,18,21-22H,7-8H2,(H,23,26)/t15-,18?/m0/s1. The lowest BCUT2D eigenvalue weighted by Gasteiger charge is -2.26. The van der Waals surface area contributed by atoms with Gasteiger partial charge in [0.2, 0.25) is 11.8 Å². The van der Waals surface area contributed by atoms with Gasteiger partial charge in [-0.3, -0.25) is 14.5 Å². The summed E-state index contributed by atoms with van der Waals surface area (Å²) in [6, 6.07) is 11.8. The van der Waals surface area contributed by atoms with Crippen molar-refractivity contribution in [1.29, 1.82) is 0 Å². The van der Waals surface area contributed by atoms with Crippen LogP contribution in [-0.2, 0) is 9.59 Å². The molecule has 0 saturated carbocycles. The highest BCUT2D eigenvalue weighted by molar-refractivity contribution is 6.31. The Bertz CT molecular complexity index is 872. The van der Waals surface area contributed by atoms with E-state index in [-0.39, 0.29) is 11.8 Å². The first-order valence-corrected chi connectivity index (χ1v) is 8.97. The van der Waals surface area contributed by atoms with Crippen LogP contribution in [0.25, 0.3) is 0 Å². The molecule has 2 heterocycles. The normalized spacial score (nSPS) is 21.2. The van der Waals surface area contributed by atoms with E-state index in [2.05, 4.69) is 16.0 Å². The fourth-order valence-electron chi connectivity index (χ4n) is 3.28. The predicted octanol–water partition coefficient (Wildman–Crippen LogP) is 3.43. The maximum absolute atomic E-state index is 12.8. The number of fused-ring (bicyclic) bond motifs is 1. The van der Waals surface area contributed by atoms with E-state index in [9.17, 15) is 9.59 Å². The van der Waals surface area contributed by atoms with Crippen molar-refractivity contribution in [1.82, 2.24) is 5.32 Å². The molecule has 0 spiro atoms. The predicted molar refractivity (Wildman–Crippen MR) is 103 cm³/mol. The summed E-state index contributed by atoms with van der Waals surface area (Å²) in [5, 5.41) is 10.4. The molecule has 1 saturated heterocycles. The number of hydrogen-bond donors (Lipinski definition) is 3. The maximum atomic E-state index is 12.8. The quantitative estimate of drug-likeness (QED) is 0.750. The average Bonchev–Trinajstić information content (AvgIpc) is 3.18. The van der Waals surface area contributed by atoms with Crippen LogP contribution in [0, 0.1) is 0 Å². The Kier molecular flexibility index (Phi) is 4.38. The van der Waals surface area contributed by atoms with Crippen molar-refractivity contribution in [3.63, 3.8) is 0 Å². The largest absolute Gasteiger partial charge is 0.347 e. The molecular weight excluding hydrogens is 375 g/mol. The third-order valence-electron chi connectivity index (χ3n) is 4.49. The molecule has 2 aromatic rings. The van der Waals surface area contributed by atoms with Crippen LogP contribution in [0.1, 0.15) is 12.8 Å². The molecule has 2 amide bonds. The molecule has 0 radical (unpaired) electrons. The van der Waals surface area contributed by atoms with Crippen LogP contribution >= 0.6 is 23.2 Å². The van der Waals surface area contributed by atoms with Crippen LogP contribution in [0.15, 0.2) is 42.5 Å². The van der Waals surface area contributed by atoms with Crippen molar-refractivity contribution < 1.29 is 9.59 Å². The summed E-state index contributed by atoms with van der Waals surface area (Å²) in [5.74, 6) is -0.301. The Morgan fingerprint density at radius 1 is 1.04 bits per heavy atom. The summed E-state index contributed by atoms with van der Waals surface area (Å²) < 4.78 is 0. The van der Waals surface area contributed by atoms with Crippen LogP contribution < -0.4 is 20.9 Å². The van der Waals surface area contributed by atoms with Crippen molar-refractivity contribution in [2.24, 2.45) is 0 Å². The van der Waals surface area contributed by atoms with E-state index in [1.54, 1.807) is 36.4 Å². The van der Waals surface area contributed by atoms with Gasteiger partial charge in [0.15, 0.2) is 6.29 Å². The van der Waals surface area contributed by atoms with Crippen LogP contribution in [0.2, 0.25) is 10.0 Å². The van der Waals surface area contributed by atoms with Gasteiger partial charge in [-0.25, -0.2) is 0 Å². The minimum atomic E-state index is -0.556. The molecule has 2 aliphatic heterocycles. The molecule has 4 rings (SSSR count). The van der Waals surface area contributed by atoms with Crippen molar-refractivity contribution >= 4 is 52.1 Å². The Hall–Kier alpha value is -2.44. The fraction of sp³-hybridized carbons (Fsp3) is 0.222. The number of rotatable bonds is 3. The summed E-state index contributed by atoms with van der Waals surface area (Å²) in [4.78, 5) is 26.6. The van der Waals surface area contributed by atoms with Gasteiger partial charge in [-0.2, -0.15) is 0 Å². The van der Waals surface area contributed by atoms with Crippen molar-refractivity contribution in [2.75, 3.05) is 15.5 Å². The van der Waals surface area contributed by atoms with Crippen molar-refractivity contribution in [3.05, 3.63) is 52.5 Å². The Labute approximate surface area is 160 Å². The van der Waals surface area contributed by atoms with E-state index in [1.807, 2.05) is 6.07 Å². The zero-order valence-electron chi connectivity index (χ0n) is 13.6. The van der Waals surface area contributed by atoms with Gasteiger partial charge in [-0.05, 0) is 48.9 Å². The van der Waals surface area contributed by atoms with E-state index in [0.29, 0.717) is 28.6 Å². The molecule has 0 bridgehead atoms. The van der Waals surface area contributed by atoms with Crippen LogP contribution in [-0.4, -0.2) is 24.1 Å². The minimum absolute atomic E-state index is 0.0742. The Balaban J connectivity index is 1.47. The highest BCUT2D eigenvalue weighted by Gasteiger charge is 2.38. The molecule has 0 aliphatic carbocycles. The molecule has 8 heteroatoms. The lowest BCUT2D eigenvalue weighted by atomic mass is 10.2.